The van der Waals surface area contributed by atoms with Gasteiger partial charge in [0.25, 0.3) is 0 Å². The molecular weight excluding hydrogens is 378 g/mol. The van der Waals surface area contributed by atoms with Crippen molar-refractivity contribution < 1.29 is 18.0 Å². The molecule has 2 heterocycles. The molecule has 0 saturated carbocycles. The van der Waals surface area contributed by atoms with Crippen LogP contribution in [0, 0.1) is 11.8 Å². The molecule has 3 aliphatic rings. The van der Waals surface area contributed by atoms with Crippen LogP contribution in [0.4, 0.5) is 0 Å². The third-order valence-corrected chi connectivity index (χ3v) is 7.71. The minimum Gasteiger partial charge on any atom is -0.283 e. The number of hydrogen-bond donors (Lipinski definition) is 0. The Morgan fingerprint density at radius 2 is 1.43 bits per heavy atom. The first-order valence-corrected chi connectivity index (χ1v) is 11.3. The number of rotatable bonds is 5. The predicted octanol–water partition coefficient (Wildman–Crippen LogP) is 1.04. The van der Waals surface area contributed by atoms with E-state index in [9.17, 15) is 18.0 Å². The van der Waals surface area contributed by atoms with Crippen molar-refractivity contribution in [2.24, 2.45) is 11.8 Å². The number of benzene rings is 1. The normalized spacial score (nSPS) is 26.6. The lowest BCUT2D eigenvalue weighted by Crippen LogP contribution is -2.52. The van der Waals surface area contributed by atoms with E-state index in [-0.39, 0.29) is 36.1 Å². The van der Waals surface area contributed by atoms with Gasteiger partial charge in [-0.25, -0.2) is 8.42 Å². The monoisotopic (exact) mass is 403 g/mol. The molecule has 0 bridgehead atoms. The first-order chi connectivity index (χ1) is 13.5. The molecule has 1 aromatic carbocycles. The van der Waals surface area contributed by atoms with E-state index >= 15 is 0 Å². The van der Waals surface area contributed by atoms with Gasteiger partial charge in [-0.05, 0) is 18.4 Å². The van der Waals surface area contributed by atoms with Crippen molar-refractivity contribution in [3.63, 3.8) is 0 Å². The molecule has 2 saturated heterocycles. The van der Waals surface area contributed by atoms with Crippen LogP contribution in [0.3, 0.4) is 0 Å². The molecule has 8 heteroatoms. The van der Waals surface area contributed by atoms with Gasteiger partial charge in [0.15, 0.2) is 0 Å². The van der Waals surface area contributed by atoms with E-state index in [0.29, 0.717) is 39.0 Å². The number of piperazine rings is 1. The van der Waals surface area contributed by atoms with E-state index in [1.807, 2.05) is 47.4 Å². The standard InChI is InChI=1S/C20H25N3O4S/c24-19-17-8-4-5-9-18(17)20(25)23(19)15-21-10-12-22(13-11-21)28(26,27)14-16-6-2-1-3-7-16/h1-7,17-18H,8-15H2/t17-,18-/m1/s1. The highest BCUT2D eigenvalue weighted by atomic mass is 32.2. The Morgan fingerprint density at radius 1 is 0.857 bits per heavy atom. The summed E-state index contributed by atoms with van der Waals surface area (Å²) in [4.78, 5) is 28.5. The Morgan fingerprint density at radius 3 is 2.00 bits per heavy atom. The van der Waals surface area contributed by atoms with Gasteiger partial charge in [-0.1, -0.05) is 42.5 Å². The van der Waals surface area contributed by atoms with Crippen LogP contribution in [0.5, 0.6) is 0 Å². The fourth-order valence-electron chi connectivity index (χ4n) is 4.23. The maximum atomic E-state index is 12.7. The number of carbonyl (C=O) groups is 2. The molecule has 28 heavy (non-hydrogen) atoms. The van der Waals surface area contributed by atoms with E-state index in [1.165, 1.54) is 9.21 Å². The summed E-state index contributed by atoms with van der Waals surface area (Å²) in [5.41, 5.74) is 0.773. The second-order valence-corrected chi connectivity index (χ2v) is 9.63. The van der Waals surface area contributed by atoms with Gasteiger partial charge in [-0.15, -0.1) is 0 Å². The molecule has 2 amide bonds. The number of hydrogen-bond acceptors (Lipinski definition) is 5. The molecule has 4 rings (SSSR count). The maximum absolute atomic E-state index is 12.7. The van der Waals surface area contributed by atoms with Gasteiger partial charge in [-0.3, -0.25) is 19.4 Å². The lowest BCUT2D eigenvalue weighted by atomic mass is 9.85. The van der Waals surface area contributed by atoms with Crippen LogP contribution in [0.1, 0.15) is 18.4 Å². The van der Waals surface area contributed by atoms with Gasteiger partial charge in [0, 0.05) is 26.2 Å². The molecule has 0 N–H and O–H groups in total. The Bertz CT molecular complexity index is 850. The van der Waals surface area contributed by atoms with Gasteiger partial charge < -0.3 is 0 Å². The number of carbonyl (C=O) groups excluding carboxylic acids is 2. The third kappa shape index (κ3) is 3.76. The van der Waals surface area contributed by atoms with E-state index in [2.05, 4.69) is 0 Å². The quantitative estimate of drug-likeness (QED) is 0.542. The predicted molar refractivity (Wildman–Crippen MR) is 104 cm³/mol. The van der Waals surface area contributed by atoms with Crippen molar-refractivity contribution in [3.05, 3.63) is 48.0 Å². The first kappa shape index (κ1) is 19.3. The highest BCUT2D eigenvalue weighted by molar-refractivity contribution is 7.88. The summed E-state index contributed by atoms with van der Waals surface area (Å²) in [5.74, 6) is -0.611. The summed E-state index contributed by atoms with van der Waals surface area (Å²) >= 11 is 0. The summed E-state index contributed by atoms with van der Waals surface area (Å²) in [7, 11) is -3.37. The molecule has 1 aliphatic carbocycles. The van der Waals surface area contributed by atoms with Crippen molar-refractivity contribution in [3.8, 4) is 0 Å². The van der Waals surface area contributed by atoms with E-state index in [4.69, 9.17) is 0 Å². The lowest BCUT2D eigenvalue weighted by molar-refractivity contribution is -0.142. The second kappa shape index (κ2) is 7.77. The average Bonchev–Trinajstić information content (AvgIpc) is 2.94. The number of likely N-dealkylation sites (tertiary alicyclic amines) is 1. The summed E-state index contributed by atoms with van der Waals surface area (Å²) in [5, 5.41) is 0. The lowest BCUT2D eigenvalue weighted by Gasteiger charge is -2.35. The third-order valence-electron chi connectivity index (χ3n) is 5.86. The van der Waals surface area contributed by atoms with Crippen molar-refractivity contribution in [2.75, 3.05) is 32.8 Å². The van der Waals surface area contributed by atoms with Crippen LogP contribution in [0.25, 0.3) is 0 Å². The molecule has 0 aromatic heterocycles. The largest absolute Gasteiger partial charge is 0.283 e. The zero-order valence-electron chi connectivity index (χ0n) is 15.7. The molecule has 0 spiro atoms. The summed E-state index contributed by atoms with van der Waals surface area (Å²) in [6.07, 6.45) is 5.23. The zero-order chi connectivity index (χ0) is 19.7. The van der Waals surface area contributed by atoms with Crippen molar-refractivity contribution in [1.29, 1.82) is 0 Å². The van der Waals surface area contributed by atoms with Crippen LogP contribution in [0.15, 0.2) is 42.5 Å². The Balaban J connectivity index is 1.33. The first-order valence-electron chi connectivity index (χ1n) is 9.70. The fourth-order valence-corrected chi connectivity index (χ4v) is 5.75. The molecule has 2 fully saturated rings. The summed E-state index contributed by atoms with van der Waals surface area (Å²) in [6.45, 7) is 2.04. The van der Waals surface area contributed by atoms with E-state index < -0.39 is 10.0 Å². The molecule has 0 radical (unpaired) electrons. The van der Waals surface area contributed by atoms with Gasteiger partial charge in [-0.2, -0.15) is 4.31 Å². The molecule has 0 unspecified atom stereocenters. The van der Waals surface area contributed by atoms with E-state index in [1.54, 1.807) is 0 Å². The van der Waals surface area contributed by atoms with E-state index in [0.717, 1.165) is 5.56 Å². The van der Waals surface area contributed by atoms with Gasteiger partial charge in [0.05, 0.1) is 24.3 Å². The Kier molecular flexibility index (Phi) is 5.35. The summed E-state index contributed by atoms with van der Waals surface area (Å²) < 4.78 is 26.8. The molecule has 2 aliphatic heterocycles. The minimum absolute atomic E-state index is 0.00665. The zero-order valence-corrected chi connectivity index (χ0v) is 16.6. The van der Waals surface area contributed by atoms with Crippen LogP contribution in [-0.4, -0.2) is 67.2 Å². The number of imide groups is 1. The SMILES string of the molecule is O=C1[C@@H]2CC=CC[C@H]2C(=O)N1CN1CCN(S(=O)(=O)Cc2ccccc2)CC1. The Labute approximate surface area is 165 Å². The van der Waals surface area contributed by atoms with Gasteiger partial charge in [0.2, 0.25) is 21.8 Å². The fraction of sp³-hybridized carbons (Fsp3) is 0.500. The number of amides is 2. The van der Waals surface area contributed by atoms with Crippen LogP contribution in [0.2, 0.25) is 0 Å². The number of sulfonamides is 1. The molecule has 150 valence electrons. The second-order valence-electron chi connectivity index (χ2n) is 7.66. The van der Waals surface area contributed by atoms with Crippen molar-refractivity contribution in [2.45, 2.75) is 18.6 Å². The summed E-state index contributed by atoms with van der Waals surface area (Å²) in [6, 6.07) is 9.15. The molecule has 7 nitrogen and oxygen atoms in total. The highest BCUT2D eigenvalue weighted by Crippen LogP contribution is 2.35. The van der Waals surface area contributed by atoms with Crippen molar-refractivity contribution in [1.82, 2.24) is 14.1 Å². The number of fused-ring (bicyclic) bond motifs is 1. The average molecular weight is 404 g/mol. The maximum Gasteiger partial charge on any atom is 0.234 e. The molecule has 2 atom stereocenters. The molecule has 1 aromatic rings. The topological polar surface area (TPSA) is 78.0 Å². The molecular formula is C20H25N3O4S. The number of nitrogens with zero attached hydrogens (tertiary/aromatic N) is 3. The smallest absolute Gasteiger partial charge is 0.234 e. The van der Waals surface area contributed by atoms with Gasteiger partial charge in [0.1, 0.15) is 0 Å². The minimum atomic E-state index is -3.37. The van der Waals surface area contributed by atoms with Crippen LogP contribution in [-0.2, 0) is 25.4 Å². The van der Waals surface area contributed by atoms with Crippen molar-refractivity contribution >= 4 is 21.8 Å². The Hall–Kier alpha value is -2.03. The number of allylic oxidation sites excluding steroid dienone is 2. The van der Waals surface area contributed by atoms with Crippen LogP contribution >= 0.6 is 0 Å². The van der Waals surface area contributed by atoms with Gasteiger partial charge >= 0.3 is 0 Å². The van der Waals surface area contributed by atoms with Crippen LogP contribution < -0.4 is 0 Å². The highest BCUT2D eigenvalue weighted by Gasteiger charge is 2.47.